The Kier molecular flexibility index (Phi) is 7.92. The fourth-order valence-corrected chi connectivity index (χ4v) is 5.58. The van der Waals surface area contributed by atoms with E-state index in [9.17, 15) is 0 Å². The summed E-state index contributed by atoms with van der Waals surface area (Å²) in [7, 11) is 0. The van der Waals surface area contributed by atoms with Gasteiger partial charge in [0.15, 0.2) is 0 Å². The number of unbranched alkanes of at least 4 members (excludes halogenated alkanes) is 7. The summed E-state index contributed by atoms with van der Waals surface area (Å²) in [5.41, 5.74) is 0.430. The van der Waals surface area contributed by atoms with E-state index < -0.39 is 0 Å². The van der Waals surface area contributed by atoms with Crippen LogP contribution in [0.15, 0.2) is 0 Å². The molecule has 1 saturated carbocycles. The van der Waals surface area contributed by atoms with Crippen LogP contribution < -0.4 is 0 Å². The molecule has 3 atom stereocenters. The first-order chi connectivity index (χ1) is 11.1. The van der Waals surface area contributed by atoms with Gasteiger partial charge in [0.2, 0.25) is 0 Å². The second kappa shape index (κ2) is 9.44. The van der Waals surface area contributed by atoms with Crippen LogP contribution >= 0.6 is 0 Å². The Morgan fingerprint density at radius 2 is 1.48 bits per heavy atom. The van der Waals surface area contributed by atoms with Crippen LogP contribution in [0.1, 0.15) is 111 Å². The minimum atomic E-state index is 0.430. The van der Waals surface area contributed by atoms with E-state index in [0.29, 0.717) is 5.54 Å². The molecule has 0 aromatic heterocycles. The largest absolute Gasteiger partial charge is 0.295 e. The van der Waals surface area contributed by atoms with E-state index in [0.717, 1.165) is 17.9 Å². The highest BCUT2D eigenvalue weighted by Gasteiger charge is 2.45. The molecule has 2 aliphatic rings. The summed E-state index contributed by atoms with van der Waals surface area (Å²) >= 11 is 0. The Bertz CT molecular complexity index is 322. The third kappa shape index (κ3) is 5.48. The van der Waals surface area contributed by atoms with Gasteiger partial charge in [-0.2, -0.15) is 0 Å². The van der Waals surface area contributed by atoms with Crippen molar-refractivity contribution in [3.8, 4) is 0 Å². The lowest BCUT2D eigenvalue weighted by atomic mass is 9.67. The van der Waals surface area contributed by atoms with Gasteiger partial charge in [-0.05, 0) is 57.9 Å². The number of rotatable bonds is 9. The molecule has 0 bridgehead atoms. The maximum absolute atomic E-state index is 2.94. The number of hydrogen-bond acceptors (Lipinski definition) is 1. The van der Waals surface area contributed by atoms with Crippen molar-refractivity contribution in [1.29, 1.82) is 0 Å². The van der Waals surface area contributed by atoms with E-state index in [1.807, 2.05) is 0 Å². The van der Waals surface area contributed by atoms with Crippen molar-refractivity contribution < 1.29 is 0 Å². The first kappa shape index (κ1) is 19.3. The molecule has 0 spiro atoms. The van der Waals surface area contributed by atoms with Crippen LogP contribution in [0.25, 0.3) is 0 Å². The van der Waals surface area contributed by atoms with Gasteiger partial charge in [-0.3, -0.25) is 4.90 Å². The average Bonchev–Trinajstić information content (AvgIpc) is 2.52. The number of likely N-dealkylation sites (tertiary alicyclic amines) is 1. The molecule has 0 aromatic carbocycles. The molecule has 0 N–H and O–H groups in total. The van der Waals surface area contributed by atoms with E-state index >= 15 is 0 Å². The summed E-state index contributed by atoms with van der Waals surface area (Å²) in [5.74, 6) is 1.93. The molecule has 1 heteroatoms. The first-order valence-electron chi connectivity index (χ1n) is 10.8. The lowest BCUT2D eigenvalue weighted by Crippen LogP contribution is -2.60. The molecule has 2 fully saturated rings. The molecule has 1 aliphatic carbocycles. The van der Waals surface area contributed by atoms with Gasteiger partial charge in [-0.1, -0.05) is 71.6 Å². The highest BCUT2D eigenvalue weighted by molar-refractivity contribution is 4.99. The Balaban J connectivity index is 1.73. The third-order valence-corrected chi connectivity index (χ3v) is 6.76. The maximum Gasteiger partial charge on any atom is 0.0158 e. The van der Waals surface area contributed by atoms with Gasteiger partial charge in [0.25, 0.3) is 0 Å². The molecular formula is C22H43N. The molecule has 136 valence electrons. The molecule has 1 heterocycles. The fourth-order valence-electron chi connectivity index (χ4n) is 5.58. The van der Waals surface area contributed by atoms with Crippen molar-refractivity contribution in [2.75, 3.05) is 6.54 Å². The summed E-state index contributed by atoms with van der Waals surface area (Å²) in [6.45, 7) is 11.2. The van der Waals surface area contributed by atoms with Crippen LogP contribution in [0.5, 0.6) is 0 Å². The maximum atomic E-state index is 2.94. The van der Waals surface area contributed by atoms with Gasteiger partial charge >= 0.3 is 0 Å². The number of fused-ring (bicyclic) bond motifs is 1. The van der Waals surface area contributed by atoms with Crippen molar-refractivity contribution in [2.45, 2.75) is 123 Å². The van der Waals surface area contributed by atoms with E-state index in [4.69, 9.17) is 0 Å². The molecule has 0 radical (unpaired) electrons. The second-order valence-corrected chi connectivity index (χ2v) is 9.18. The number of nitrogens with zero attached hydrogens (tertiary/aromatic N) is 1. The van der Waals surface area contributed by atoms with E-state index in [1.165, 1.54) is 90.0 Å². The molecular weight excluding hydrogens is 278 g/mol. The molecule has 1 nitrogen and oxygen atoms in total. The van der Waals surface area contributed by atoms with Gasteiger partial charge in [-0.25, -0.2) is 0 Å². The van der Waals surface area contributed by atoms with Gasteiger partial charge in [0, 0.05) is 11.6 Å². The number of hydrogen-bond donors (Lipinski definition) is 0. The minimum Gasteiger partial charge on any atom is -0.295 e. The lowest BCUT2D eigenvalue weighted by molar-refractivity contribution is -0.0589. The smallest absolute Gasteiger partial charge is 0.0158 e. The van der Waals surface area contributed by atoms with E-state index in [2.05, 4.69) is 32.6 Å². The lowest BCUT2D eigenvalue weighted by Gasteiger charge is -2.56. The van der Waals surface area contributed by atoms with Gasteiger partial charge in [0.05, 0.1) is 0 Å². The molecule has 0 aromatic rings. The summed E-state index contributed by atoms with van der Waals surface area (Å²) in [5, 5.41) is 0. The van der Waals surface area contributed by atoms with Crippen molar-refractivity contribution in [1.82, 2.24) is 4.90 Å². The van der Waals surface area contributed by atoms with Crippen molar-refractivity contribution in [2.24, 2.45) is 11.8 Å². The van der Waals surface area contributed by atoms with Crippen LogP contribution in [0.2, 0.25) is 0 Å². The Morgan fingerprint density at radius 1 is 0.870 bits per heavy atom. The van der Waals surface area contributed by atoms with Crippen molar-refractivity contribution in [3.63, 3.8) is 0 Å². The Labute approximate surface area is 146 Å². The Hall–Kier alpha value is -0.0400. The monoisotopic (exact) mass is 321 g/mol. The molecule has 3 unspecified atom stereocenters. The summed E-state index contributed by atoms with van der Waals surface area (Å²) < 4.78 is 0. The third-order valence-electron chi connectivity index (χ3n) is 6.76. The molecule has 2 rings (SSSR count). The molecule has 1 saturated heterocycles. The SMILES string of the molecule is CCCCCCCCCCN1C2CCCCC2C(C)CC1(C)C. The zero-order chi connectivity index (χ0) is 16.7. The summed E-state index contributed by atoms with van der Waals surface area (Å²) in [6.07, 6.45) is 18.8. The predicted octanol–water partition coefficient (Wildman–Crippen LogP) is 6.81. The van der Waals surface area contributed by atoms with Crippen LogP contribution in [-0.4, -0.2) is 23.0 Å². The highest BCUT2D eigenvalue weighted by Crippen LogP contribution is 2.45. The van der Waals surface area contributed by atoms with Crippen LogP contribution in [-0.2, 0) is 0 Å². The summed E-state index contributed by atoms with van der Waals surface area (Å²) in [4.78, 5) is 2.94. The van der Waals surface area contributed by atoms with Gasteiger partial charge < -0.3 is 0 Å². The van der Waals surface area contributed by atoms with Gasteiger partial charge in [-0.15, -0.1) is 0 Å². The predicted molar refractivity (Wildman–Crippen MR) is 103 cm³/mol. The Morgan fingerprint density at radius 3 is 2.17 bits per heavy atom. The van der Waals surface area contributed by atoms with Crippen LogP contribution in [0, 0.1) is 11.8 Å². The standard InChI is InChI=1S/C22H43N/c1-5-6-7-8-9-10-11-14-17-23-21-16-13-12-15-20(21)19(2)18-22(23,3)4/h19-21H,5-18H2,1-4H3. The first-order valence-corrected chi connectivity index (χ1v) is 10.8. The number of piperidine rings is 1. The van der Waals surface area contributed by atoms with E-state index in [1.54, 1.807) is 0 Å². The summed E-state index contributed by atoms with van der Waals surface area (Å²) in [6, 6.07) is 0.895. The van der Waals surface area contributed by atoms with Gasteiger partial charge in [0.1, 0.15) is 0 Å². The normalized spacial score (nSPS) is 31.0. The van der Waals surface area contributed by atoms with E-state index in [-0.39, 0.29) is 0 Å². The topological polar surface area (TPSA) is 3.24 Å². The molecule has 23 heavy (non-hydrogen) atoms. The van der Waals surface area contributed by atoms with Crippen LogP contribution in [0.3, 0.4) is 0 Å². The zero-order valence-electron chi connectivity index (χ0n) is 16.6. The zero-order valence-corrected chi connectivity index (χ0v) is 16.6. The molecule has 0 amide bonds. The van der Waals surface area contributed by atoms with Crippen molar-refractivity contribution in [3.05, 3.63) is 0 Å². The minimum absolute atomic E-state index is 0.430. The highest BCUT2D eigenvalue weighted by atomic mass is 15.2. The van der Waals surface area contributed by atoms with Crippen molar-refractivity contribution >= 4 is 0 Å². The molecule has 1 aliphatic heterocycles. The quantitative estimate of drug-likeness (QED) is 0.422. The average molecular weight is 322 g/mol. The van der Waals surface area contributed by atoms with Crippen LogP contribution in [0.4, 0.5) is 0 Å². The second-order valence-electron chi connectivity index (χ2n) is 9.18. The fraction of sp³-hybridized carbons (Fsp3) is 1.00.